The number of para-hydroxylation sites is 1. The van der Waals surface area contributed by atoms with Crippen LogP contribution in [0.5, 0.6) is 11.5 Å². The number of amides is 1. The van der Waals surface area contributed by atoms with E-state index in [2.05, 4.69) is 4.99 Å². The van der Waals surface area contributed by atoms with E-state index in [-0.39, 0.29) is 29.8 Å². The number of benzene rings is 3. The van der Waals surface area contributed by atoms with E-state index in [1.165, 1.54) is 13.2 Å². The Balaban J connectivity index is 1.77. The van der Waals surface area contributed by atoms with Crippen molar-refractivity contribution in [3.05, 3.63) is 95.7 Å². The number of methoxy groups -OCH3 is 1. The minimum absolute atomic E-state index is 0.0299. The molecule has 9 heteroatoms. The van der Waals surface area contributed by atoms with Gasteiger partial charge in [0.25, 0.3) is 5.91 Å². The number of aliphatic hydroxyl groups excluding tert-OH is 1. The lowest BCUT2D eigenvalue weighted by molar-refractivity contribution is -0.113. The summed E-state index contributed by atoms with van der Waals surface area (Å²) in [5, 5.41) is 8.76. The Morgan fingerprint density at radius 3 is 2.36 bits per heavy atom. The molecule has 0 saturated heterocycles. The summed E-state index contributed by atoms with van der Waals surface area (Å²) < 4.78 is 37.9. The smallest absolute Gasteiger partial charge is 0.283 e. The molecule has 4 rings (SSSR count). The van der Waals surface area contributed by atoms with E-state index in [4.69, 9.17) is 14.6 Å². The number of hydrogen-bond donors (Lipinski definition) is 1. The monoisotopic (exact) mass is 506 g/mol. The van der Waals surface area contributed by atoms with Crippen LogP contribution in [0.1, 0.15) is 17.5 Å². The number of ether oxygens (including phenoxy) is 2. The van der Waals surface area contributed by atoms with Gasteiger partial charge in [0.1, 0.15) is 17.2 Å². The highest BCUT2D eigenvalue weighted by atomic mass is 32.2. The topological polar surface area (TPSA) is 106 Å². The molecule has 0 fully saturated rings. The second-order valence-electron chi connectivity index (χ2n) is 7.97. The molecular formula is C27H26N2O6S. The third kappa shape index (κ3) is 5.64. The number of sulfone groups is 1. The molecule has 1 N–H and O–H groups in total. The third-order valence-electron chi connectivity index (χ3n) is 5.39. The molecule has 8 nitrogen and oxygen atoms in total. The van der Waals surface area contributed by atoms with Crippen LogP contribution >= 0.6 is 0 Å². The first-order valence-corrected chi connectivity index (χ1v) is 13.0. The Morgan fingerprint density at radius 2 is 1.69 bits per heavy atom. The van der Waals surface area contributed by atoms with E-state index in [1.807, 2.05) is 0 Å². The number of nitrogens with zero attached hydrogens (tertiary/aromatic N) is 2. The molecular weight excluding hydrogens is 480 g/mol. The van der Waals surface area contributed by atoms with E-state index in [0.717, 1.165) is 4.90 Å². The van der Waals surface area contributed by atoms with Crippen LogP contribution in [0.4, 0.5) is 5.69 Å². The number of carbonyl (C=O) groups is 1. The summed E-state index contributed by atoms with van der Waals surface area (Å²) in [5.41, 5.74) is 1.47. The molecule has 1 amide bonds. The quantitative estimate of drug-likeness (QED) is 0.350. The molecule has 3 aromatic rings. The maximum atomic E-state index is 13.5. The largest absolute Gasteiger partial charge is 0.497 e. The lowest BCUT2D eigenvalue weighted by atomic mass is 10.1. The lowest BCUT2D eigenvalue weighted by Crippen LogP contribution is -2.37. The van der Waals surface area contributed by atoms with E-state index in [1.54, 1.807) is 78.9 Å². The molecule has 0 atom stereocenters. The summed E-state index contributed by atoms with van der Waals surface area (Å²) >= 11 is 0. The first kappa shape index (κ1) is 25.2. The van der Waals surface area contributed by atoms with Crippen LogP contribution in [-0.4, -0.2) is 44.9 Å². The average molecular weight is 507 g/mol. The van der Waals surface area contributed by atoms with Gasteiger partial charge in [-0.15, -0.1) is 0 Å². The van der Waals surface area contributed by atoms with Gasteiger partial charge in [0.05, 0.1) is 25.2 Å². The van der Waals surface area contributed by atoms with Crippen LogP contribution in [0.25, 0.3) is 6.08 Å². The first-order chi connectivity index (χ1) is 17.4. The van der Waals surface area contributed by atoms with Gasteiger partial charge >= 0.3 is 0 Å². The summed E-state index contributed by atoms with van der Waals surface area (Å²) in [5.74, 6) is 0.110. The van der Waals surface area contributed by atoms with E-state index in [9.17, 15) is 13.2 Å². The second-order valence-corrected chi connectivity index (χ2v) is 9.86. The normalized spacial score (nSPS) is 14.7. The van der Waals surface area contributed by atoms with Crippen LogP contribution in [0.3, 0.4) is 0 Å². The molecule has 0 radical (unpaired) electrons. The molecule has 1 heterocycles. The van der Waals surface area contributed by atoms with Crippen molar-refractivity contribution < 1.29 is 27.8 Å². The molecule has 0 spiro atoms. The summed E-state index contributed by atoms with van der Waals surface area (Å²) in [6.07, 6.45) is 1.92. The lowest BCUT2D eigenvalue weighted by Gasteiger charge is -2.18. The highest BCUT2D eigenvalue weighted by Crippen LogP contribution is 2.32. The Kier molecular flexibility index (Phi) is 7.82. The fourth-order valence-corrected chi connectivity index (χ4v) is 5.11. The number of carbonyl (C=O) groups excluding carboxylic acids is 1. The summed E-state index contributed by atoms with van der Waals surface area (Å²) in [6.45, 7) is 0.224. The van der Waals surface area contributed by atoms with Gasteiger partial charge in [-0.1, -0.05) is 48.5 Å². The van der Waals surface area contributed by atoms with Crippen molar-refractivity contribution in [2.45, 2.75) is 12.2 Å². The molecule has 0 bridgehead atoms. The van der Waals surface area contributed by atoms with E-state index >= 15 is 0 Å². The van der Waals surface area contributed by atoms with Crippen LogP contribution in [0.15, 0.2) is 89.6 Å². The maximum absolute atomic E-state index is 13.5. The molecule has 1 aliphatic heterocycles. The highest BCUT2D eigenvalue weighted by molar-refractivity contribution is 8.06. The van der Waals surface area contributed by atoms with Crippen molar-refractivity contribution in [2.24, 2.45) is 4.99 Å². The fraction of sp³-hybridized carbons (Fsp3) is 0.185. The highest BCUT2D eigenvalue weighted by Gasteiger charge is 2.39. The maximum Gasteiger partial charge on any atom is 0.283 e. The van der Waals surface area contributed by atoms with Gasteiger partial charge in [0, 0.05) is 24.7 Å². The third-order valence-corrected chi connectivity index (χ3v) is 6.94. The Bertz CT molecular complexity index is 1390. The predicted molar refractivity (Wildman–Crippen MR) is 139 cm³/mol. The summed E-state index contributed by atoms with van der Waals surface area (Å²) in [6, 6.07) is 22.4. The molecule has 1 aliphatic rings. The minimum atomic E-state index is -3.97. The number of hydrogen-bond acceptors (Lipinski definition) is 7. The van der Waals surface area contributed by atoms with Crippen molar-refractivity contribution in [1.82, 2.24) is 0 Å². The average Bonchev–Trinajstić information content (AvgIpc) is 3.22. The van der Waals surface area contributed by atoms with E-state index < -0.39 is 15.7 Å². The first-order valence-electron chi connectivity index (χ1n) is 11.3. The van der Waals surface area contributed by atoms with Crippen molar-refractivity contribution in [3.8, 4) is 11.5 Å². The molecule has 0 aromatic heterocycles. The van der Waals surface area contributed by atoms with Crippen molar-refractivity contribution in [3.63, 3.8) is 0 Å². The van der Waals surface area contributed by atoms with Crippen molar-refractivity contribution in [2.75, 3.05) is 25.2 Å². The number of anilines is 1. The zero-order chi connectivity index (χ0) is 25.5. The SMILES string of the molecule is COc1ccc(/C=C2\N=C(S(=O)(=O)Cc3ccccc3)N(c3ccccc3)C2=O)c(OCCCO)c1. The van der Waals surface area contributed by atoms with Gasteiger partial charge in [0.2, 0.25) is 15.0 Å². The zero-order valence-corrected chi connectivity index (χ0v) is 20.5. The fourth-order valence-electron chi connectivity index (χ4n) is 3.65. The van der Waals surface area contributed by atoms with Gasteiger partial charge in [-0.3, -0.25) is 4.79 Å². The number of rotatable bonds is 9. The molecule has 186 valence electrons. The number of aliphatic imine (C=N–C) groups is 1. The zero-order valence-electron chi connectivity index (χ0n) is 19.7. The van der Waals surface area contributed by atoms with Crippen LogP contribution < -0.4 is 14.4 Å². The predicted octanol–water partition coefficient (Wildman–Crippen LogP) is 3.82. The molecule has 36 heavy (non-hydrogen) atoms. The van der Waals surface area contributed by atoms with Gasteiger partial charge < -0.3 is 14.6 Å². The van der Waals surface area contributed by atoms with Gasteiger partial charge in [-0.05, 0) is 35.9 Å². The molecule has 3 aromatic carbocycles. The Labute approximate surface area is 210 Å². The van der Waals surface area contributed by atoms with Crippen LogP contribution in [0, 0.1) is 0 Å². The number of amidine groups is 1. The number of aliphatic hydroxyl groups is 1. The minimum Gasteiger partial charge on any atom is -0.497 e. The standard InChI is InChI=1S/C27H26N2O6S/c1-34-23-14-13-21(25(18-23)35-16-8-15-30)17-24-26(31)29(22-11-6-3-7-12-22)27(28-24)36(32,33)19-20-9-4-2-5-10-20/h2-7,9-14,17-18,30H,8,15-16,19H2,1H3/b24-17-. The van der Waals surface area contributed by atoms with E-state index in [0.29, 0.717) is 34.7 Å². The molecule has 0 saturated carbocycles. The Hall–Kier alpha value is -3.95. The van der Waals surface area contributed by atoms with Crippen molar-refractivity contribution in [1.29, 1.82) is 0 Å². The second kappa shape index (κ2) is 11.2. The van der Waals surface area contributed by atoms with Crippen LogP contribution in [0.2, 0.25) is 0 Å². The van der Waals surface area contributed by atoms with Crippen molar-refractivity contribution >= 4 is 32.7 Å². The van der Waals surface area contributed by atoms with Crippen LogP contribution in [-0.2, 0) is 20.4 Å². The van der Waals surface area contributed by atoms with Gasteiger partial charge in [-0.2, -0.15) is 0 Å². The molecule has 0 aliphatic carbocycles. The van der Waals surface area contributed by atoms with Gasteiger partial charge in [0.15, 0.2) is 0 Å². The van der Waals surface area contributed by atoms with Gasteiger partial charge in [-0.25, -0.2) is 18.3 Å². The molecule has 0 unspecified atom stereocenters. The summed E-state index contributed by atoms with van der Waals surface area (Å²) in [4.78, 5) is 18.9. The Morgan fingerprint density at radius 1 is 1.00 bits per heavy atom. The summed E-state index contributed by atoms with van der Waals surface area (Å²) in [7, 11) is -2.45.